The van der Waals surface area contributed by atoms with Crippen LogP contribution < -0.4 is 10.6 Å². The maximum Gasteiger partial charge on any atom is 0.338 e. The molecule has 3 N–H and O–H groups in total. The van der Waals surface area contributed by atoms with E-state index in [4.69, 9.17) is 5.11 Å². The van der Waals surface area contributed by atoms with Crippen LogP contribution in [0.4, 0.5) is 9.80 Å². The highest BCUT2D eigenvalue weighted by molar-refractivity contribution is 9.10. The summed E-state index contributed by atoms with van der Waals surface area (Å²) < 4.78 is 0.973. The van der Waals surface area contributed by atoms with Crippen molar-refractivity contribution in [3.8, 4) is 0 Å². The molecule has 0 unspecified atom stereocenters. The van der Waals surface area contributed by atoms with Crippen LogP contribution in [0, 0.1) is 0 Å². The molecule has 100 valence electrons. The first-order chi connectivity index (χ1) is 9.06. The van der Waals surface area contributed by atoms with Gasteiger partial charge in [-0.05, 0) is 33.4 Å². The molecule has 0 saturated carbocycles. The number of rotatable bonds is 4. The van der Waals surface area contributed by atoms with Crippen molar-refractivity contribution in [2.45, 2.75) is 6.54 Å². The molecule has 2 aromatic rings. The first-order valence-corrected chi connectivity index (χ1v) is 7.70. The molecule has 0 aliphatic rings. The number of carbonyl (C=O) groups is 2. The Labute approximate surface area is 125 Å². The van der Waals surface area contributed by atoms with Gasteiger partial charge in [0.1, 0.15) is 5.00 Å². The quantitative estimate of drug-likeness (QED) is 0.779. The van der Waals surface area contributed by atoms with Crippen molar-refractivity contribution in [2.24, 2.45) is 0 Å². The predicted molar refractivity (Wildman–Crippen MR) is 79.2 cm³/mol. The van der Waals surface area contributed by atoms with Crippen LogP contribution in [-0.2, 0) is 6.54 Å². The van der Waals surface area contributed by atoms with Crippen LogP contribution in [0.2, 0.25) is 0 Å². The molecule has 0 aliphatic heterocycles. The lowest BCUT2D eigenvalue weighted by atomic mass is 10.3. The van der Waals surface area contributed by atoms with Crippen molar-refractivity contribution in [2.75, 3.05) is 5.32 Å². The zero-order valence-corrected chi connectivity index (χ0v) is 12.7. The number of halogens is 1. The minimum absolute atomic E-state index is 0.0963. The Morgan fingerprint density at radius 2 is 2.16 bits per heavy atom. The number of anilines is 1. The highest BCUT2D eigenvalue weighted by Gasteiger charge is 2.13. The summed E-state index contributed by atoms with van der Waals surface area (Å²) in [7, 11) is 0. The zero-order chi connectivity index (χ0) is 13.8. The number of carboxylic acid groups (broad SMARTS) is 1. The summed E-state index contributed by atoms with van der Waals surface area (Å²) in [6.45, 7) is 0.399. The van der Waals surface area contributed by atoms with Gasteiger partial charge < -0.3 is 10.4 Å². The fraction of sp³-hybridized carbons (Fsp3) is 0.0909. The van der Waals surface area contributed by atoms with Gasteiger partial charge in [0.2, 0.25) is 0 Å². The van der Waals surface area contributed by atoms with Crippen LogP contribution in [-0.4, -0.2) is 17.1 Å². The molecule has 0 aromatic carbocycles. The van der Waals surface area contributed by atoms with E-state index in [1.165, 1.54) is 28.7 Å². The van der Waals surface area contributed by atoms with Crippen molar-refractivity contribution < 1.29 is 14.7 Å². The fourth-order valence-corrected chi connectivity index (χ4v) is 3.50. The van der Waals surface area contributed by atoms with Crippen LogP contribution >= 0.6 is 38.6 Å². The lowest BCUT2D eigenvalue weighted by Crippen LogP contribution is -2.28. The Hall–Kier alpha value is -1.38. The normalized spacial score (nSPS) is 10.2. The Bertz CT molecular complexity index is 609. The summed E-state index contributed by atoms with van der Waals surface area (Å²) in [6, 6.07) is 2.95. The molecule has 0 spiro atoms. The first-order valence-electron chi connectivity index (χ1n) is 5.15. The maximum atomic E-state index is 11.6. The van der Waals surface area contributed by atoms with E-state index in [0.29, 0.717) is 11.5 Å². The Morgan fingerprint density at radius 3 is 2.79 bits per heavy atom. The third-order valence-electron chi connectivity index (χ3n) is 2.17. The minimum atomic E-state index is -1.06. The van der Waals surface area contributed by atoms with Crippen molar-refractivity contribution >= 4 is 55.6 Å². The maximum absolute atomic E-state index is 11.6. The lowest BCUT2D eigenvalue weighted by Gasteiger charge is -2.05. The number of hydrogen-bond donors (Lipinski definition) is 3. The second-order valence-electron chi connectivity index (χ2n) is 3.51. The monoisotopic (exact) mass is 360 g/mol. The van der Waals surface area contributed by atoms with Crippen molar-refractivity contribution in [3.63, 3.8) is 0 Å². The summed E-state index contributed by atoms with van der Waals surface area (Å²) >= 11 is 6.03. The second-order valence-corrected chi connectivity index (χ2v) is 6.34. The van der Waals surface area contributed by atoms with Gasteiger partial charge in [-0.25, -0.2) is 9.59 Å². The molecular weight excluding hydrogens is 352 g/mol. The Kier molecular flexibility index (Phi) is 4.56. The van der Waals surface area contributed by atoms with E-state index in [1.54, 1.807) is 5.38 Å². The standard InChI is InChI=1S/C11H9BrN2O3S2/c12-6-3-7(19-5-6)4-13-11(17)14-9-8(10(15)16)1-2-18-9/h1-3,5H,4H2,(H,15,16)(H2,13,14,17). The summed E-state index contributed by atoms with van der Waals surface area (Å²) in [5, 5.41) is 18.0. The molecule has 2 amide bonds. The van der Waals surface area contributed by atoms with E-state index >= 15 is 0 Å². The van der Waals surface area contributed by atoms with E-state index in [2.05, 4.69) is 26.6 Å². The molecule has 0 atom stereocenters. The molecular formula is C11H9BrN2O3S2. The van der Waals surface area contributed by atoms with E-state index in [-0.39, 0.29) is 5.56 Å². The number of nitrogens with one attached hydrogen (secondary N) is 2. The van der Waals surface area contributed by atoms with E-state index in [0.717, 1.165) is 9.35 Å². The zero-order valence-electron chi connectivity index (χ0n) is 9.47. The Balaban J connectivity index is 1.90. The summed E-state index contributed by atoms with van der Waals surface area (Å²) in [4.78, 5) is 23.5. The van der Waals surface area contributed by atoms with E-state index in [9.17, 15) is 9.59 Å². The van der Waals surface area contributed by atoms with Gasteiger partial charge in [-0.1, -0.05) is 0 Å². The molecule has 5 nitrogen and oxygen atoms in total. The molecule has 8 heteroatoms. The number of carbonyl (C=O) groups excluding carboxylic acids is 1. The molecule has 0 radical (unpaired) electrons. The lowest BCUT2D eigenvalue weighted by molar-refractivity contribution is 0.0698. The van der Waals surface area contributed by atoms with Gasteiger partial charge in [0, 0.05) is 14.7 Å². The molecule has 19 heavy (non-hydrogen) atoms. The van der Waals surface area contributed by atoms with Crippen molar-refractivity contribution in [1.29, 1.82) is 0 Å². The average molecular weight is 361 g/mol. The minimum Gasteiger partial charge on any atom is -0.478 e. The molecule has 2 aromatic heterocycles. The highest BCUT2D eigenvalue weighted by Crippen LogP contribution is 2.23. The number of aromatic carboxylic acids is 1. The fourth-order valence-electron chi connectivity index (χ4n) is 1.34. The SMILES string of the molecule is O=C(NCc1cc(Br)cs1)Nc1sccc1C(=O)O. The second kappa shape index (κ2) is 6.18. The summed E-state index contributed by atoms with van der Waals surface area (Å²) in [6.07, 6.45) is 0. The van der Waals surface area contributed by atoms with E-state index < -0.39 is 12.0 Å². The first kappa shape index (κ1) is 14.0. The molecule has 0 aliphatic carbocycles. The number of carboxylic acids is 1. The Morgan fingerprint density at radius 1 is 1.37 bits per heavy atom. The number of amides is 2. The average Bonchev–Trinajstić information content (AvgIpc) is 2.95. The van der Waals surface area contributed by atoms with E-state index in [1.807, 2.05) is 11.4 Å². The van der Waals surface area contributed by atoms with Crippen molar-refractivity contribution in [1.82, 2.24) is 5.32 Å². The molecule has 2 heterocycles. The number of hydrogen-bond acceptors (Lipinski definition) is 4. The van der Waals surface area contributed by atoms with Crippen molar-refractivity contribution in [3.05, 3.63) is 37.8 Å². The number of urea groups is 1. The van der Waals surface area contributed by atoms with Gasteiger partial charge in [-0.15, -0.1) is 22.7 Å². The van der Waals surface area contributed by atoms with Gasteiger partial charge in [0.05, 0.1) is 12.1 Å². The summed E-state index contributed by atoms with van der Waals surface area (Å²) in [5.41, 5.74) is 0.0963. The molecule has 0 fully saturated rings. The molecule has 0 bridgehead atoms. The number of thiophene rings is 2. The molecule has 2 rings (SSSR count). The topological polar surface area (TPSA) is 78.4 Å². The van der Waals surface area contributed by atoms with Gasteiger partial charge in [-0.3, -0.25) is 5.32 Å². The van der Waals surface area contributed by atoms with Gasteiger partial charge >= 0.3 is 12.0 Å². The van der Waals surface area contributed by atoms with Crippen LogP contribution in [0.1, 0.15) is 15.2 Å². The van der Waals surface area contributed by atoms with Gasteiger partial charge in [-0.2, -0.15) is 0 Å². The van der Waals surface area contributed by atoms with Gasteiger partial charge in [0.15, 0.2) is 0 Å². The molecule has 0 saturated heterocycles. The van der Waals surface area contributed by atoms with Crippen LogP contribution in [0.5, 0.6) is 0 Å². The van der Waals surface area contributed by atoms with Crippen LogP contribution in [0.3, 0.4) is 0 Å². The smallest absolute Gasteiger partial charge is 0.338 e. The highest BCUT2D eigenvalue weighted by atomic mass is 79.9. The third kappa shape index (κ3) is 3.79. The third-order valence-corrected chi connectivity index (χ3v) is 4.70. The summed E-state index contributed by atoms with van der Waals surface area (Å²) in [5.74, 6) is -1.06. The predicted octanol–water partition coefficient (Wildman–Crippen LogP) is 3.59. The van der Waals surface area contributed by atoms with Crippen LogP contribution in [0.25, 0.3) is 0 Å². The van der Waals surface area contributed by atoms with Crippen LogP contribution in [0.15, 0.2) is 27.4 Å². The largest absolute Gasteiger partial charge is 0.478 e. The van der Waals surface area contributed by atoms with Gasteiger partial charge in [0.25, 0.3) is 0 Å².